The second kappa shape index (κ2) is 12.1. The van der Waals surface area contributed by atoms with E-state index in [0.29, 0.717) is 0 Å². The maximum atomic E-state index is 9.64. The summed E-state index contributed by atoms with van der Waals surface area (Å²) in [4.78, 5) is 21.5. The van der Waals surface area contributed by atoms with E-state index in [1.165, 1.54) is 16.5 Å². The van der Waals surface area contributed by atoms with Crippen LogP contribution in [0.25, 0.3) is 10.9 Å². The van der Waals surface area contributed by atoms with Crippen molar-refractivity contribution in [3.8, 4) is 0 Å². The molecule has 4 N–H and O–H groups in total. The highest BCUT2D eigenvalue weighted by Gasteiger charge is 2.05. The largest absolute Gasteiger partial charge is 0.481 e. The van der Waals surface area contributed by atoms with Crippen molar-refractivity contribution in [1.82, 2.24) is 9.47 Å². The number of benzene rings is 1. The SMILES string of the molecule is CN(C)CCc1cn(C)c2ccccc12.CS(N)(=O)=O.O=C(O)CCC(=O)O. The quantitative estimate of drug-likeness (QED) is 0.641. The highest BCUT2D eigenvalue weighted by molar-refractivity contribution is 7.88. The predicted octanol–water partition coefficient (Wildman–Crippen LogP) is 1.12. The van der Waals surface area contributed by atoms with Crippen LogP contribution < -0.4 is 5.14 Å². The minimum Gasteiger partial charge on any atom is -0.481 e. The topological polar surface area (TPSA) is 143 Å². The number of carboxylic acid groups (broad SMARTS) is 2. The van der Waals surface area contributed by atoms with Gasteiger partial charge in [-0.25, -0.2) is 13.6 Å². The monoisotopic (exact) mass is 415 g/mol. The summed E-state index contributed by atoms with van der Waals surface area (Å²) in [5, 5.41) is 21.5. The molecule has 0 saturated carbocycles. The standard InChI is InChI=1S/C13H18N2.C4H6O4.CH5NO2S/c1-14(2)9-8-11-10-15(3)13-7-5-4-6-12(11)13;5-3(6)1-2-4(7)8;1-5(2,3)4/h4-7,10H,8-9H2,1-3H3;1-2H2,(H,5,6)(H,7,8);1H3,(H2,2,3,4). The number of hydrogen-bond donors (Lipinski definition) is 3. The Balaban J connectivity index is 0.000000474. The number of aliphatic carboxylic acids is 2. The van der Waals surface area contributed by atoms with Crippen molar-refractivity contribution < 1.29 is 28.2 Å². The van der Waals surface area contributed by atoms with E-state index in [2.05, 4.69) is 66.2 Å². The summed E-state index contributed by atoms with van der Waals surface area (Å²) in [7, 11) is 3.18. The lowest BCUT2D eigenvalue weighted by molar-refractivity contribution is -0.143. The first-order chi connectivity index (χ1) is 12.8. The number of hydrogen-bond acceptors (Lipinski definition) is 5. The Morgan fingerprint density at radius 2 is 1.57 bits per heavy atom. The van der Waals surface area contributed by atoms with Crippen LogP contribution in [0.1, 0.15) is 18.4 Å². The number of fused-ring (bicyclic) bond motifs is 1. The van der Waals surface area contributed by atoms with Gasteiger partial charge in [-0.2, -0.15) is 0 Å². The fourth-order valence-electron chi connectivity index (χ4n) is 2.18. The molecule has 0 aliphatic carbocycles. The van der Waals surface area contributed by atoms with Crippen LogP contribution in [0.5, 0.6) is 0 Å². The van der Waals surface area contributed by atoms with E-state index >= 15 is 0 Å². The van der Waals surface area contributed by atoms with Gasteiger partial charge in [-0.1, -0.05) is 18.2 Å². The normalized spacial score (nSPS) is 10.6. The third kappa shape index (κ3) is 12.8. The summed E-state index contributed by atoms with van der Waals surface area (Å²) in [6.45, 7) is 1.11. The highest BCUT2D eigenvalue weighted by Crippen LogP contribution is 2.20. The van der Waals surface area contributed by atoms with Gasteiger partial charge in [0.05, 0.1) is 19.1 Å². The van der Waals surface area contributed by atoms with Crippen LogP contribution in [0.15, 0.2) is 30.5 Å². The van der Waals surface area contributed by atoms with E-state index in [1.807, 2.05) is 0 Å². The summed E-state index contributed by atoms with van der Waals surface area (Å²) in [6.07, 6.45) is 3.71. The number of carboxylic acids is 2. The van der Waals surface area contributed by atoms with Crippen molar-refractivity contribution in [1.29, 1.82) is 0 Å². The Morgan fingerprint density at radius 3 is 2.00 bits per heavy atom. The summed E-state index contributed by atoms with van der Waals surface area (Å²) < 4.78 is 21.0. The van der Waals surface area contributed by atoms with Crippen molar-refractivity contribution in [3.63, 3.8) is 0 Å². The molecule has 158 valence electrons. The van der Waals surface area contributed by atoms with Gasteiger partial charge >= 0.3 is 11.9 Å². The smallest absolute Gasteiger partial charge is 0.303 e. The number of nitrogens with two attached hydrogens (primary N) is 1. The fourth-order valence-corrected chi connectivity index (χ4v) is 2.18. The number of likely N-dealkylation sites (N-methyl/N-ethyl adjacent to an activating group) is 1. The molecule has 0 aliphatic heterocycles. The van der Waals surface area contributed by atoms with Crippen molar-refractivity contribution in [2.75, 3.05) is 26.9 Å². The van der Waals surface area contributed by atoms with Crippen LogP contribution in [-0.4, -0.2) is 66.9 Å². The van der Waals surface area contributed by atoms with Crippen LogP contribution in [0.4, 0.5) is 0 Å². The Labute approximate surface area is 165 Å². The van der Waals surface area contributed by atoms with Gasteiger partial charge in [-0.15, -0.1) is 0 Å². The average Bonchev–Trinajstić information content (AvgIpc) is 2.87. The van der Waals surface area contributed by atoms with Gasteiger partial charge in [-0.05, 0) is 32.1 Å². The number of para-hydroxylation sites is 1. The zero-order chi connectivity index (χ0) is 21.9. The predicted molar refractivity (Wildman–Crippen MR) is 109 cm³/mol. The molecular formula is C18H29N3O6S. The van der Waals surface area contributed by atoms with E-state index < -0.39 is 22.0 Å². The Hall–Kier alpha value is -2.43. The minimum absolute atomic E-state index is 0.296. The summed E-state index contributed by atoms with van der Waals surface area (Å²) in [5.74, 6) is -2.15. The van der Waals surface area contributed by atoms with Crippen molar-refractivity contribution in [2.24, 2.45) is 12.2 Å². The maximum Gasteiger partial charge on any atom is 0.303 e. The molecular weight excluding hydrogens is 386 g/mol. The lowest BCUT2D eigenvalue weighted by atomic mass is 10.1. The minimum atomic E-state index is -3.17. The van der Waals surface area contributed by atoms with Crippen molar-refractivity contribution in [3.05, 3.63) is 36.0 Å². The first-order valence-corrected chi connectivity index (χ1v) is 10.4. The number of aryl methyl sites for hydroxylation is 1. The Kier molecular flexibility index (Phi) is 11.1. The van der Waals surface area contributed by atoms with Gasteiger partial charge in [0, 0.05) is 30.7 Å². The average molecular weight is 416 g/mol. The maximum absolute atomic E-state index is 9.64. The number of rotatable bonds is 6. The Morgan fingerprint density at radius 1 is 1.11 bits per heavy atom. The Bertz CT molecular complexity index is 853. The van der Waals surface area contributed by atoms with Gasteiger partial charge < -0.3 is 19.7 Å². The summed E-state index contributed by atoms with van der Waals surface area (Å²) >= 11 is 0. The van der Waals surface area contributed by atoms with Crippen LogP contribution in [0.3, 0.4) is 0 Å². The molecule has 0 amide bonds. The molecule has 0 radical (unpaired) electrons. The van der Waals surface area contributed by atoms with Gasteiger partial charge in [0.15, 0.2) is 0 Å². The molecule has 0 unspecified atom stereocenters. The lowest BCUT2D eigenvalue weighted by Crippen LogP contribution is -2.14. The molecule has 2 rings (SSSR count). The van der Waals surface area contributed by atoms with E-state index in [9.17, 15) is 18.0 Å². The molecule has 0 atom stereocenters. The number of carbonyl (C=O) groups is 2. The molecule has 10 heteroatoms. The third-order valence-electron chi connectivity index (χ3n) is 3.36. The number of aromatic nitrogens is 1. The van der Waals surface area contributed by atoms with E-state index in [0.717, 1.165) is 19.2 Å². The van der Waals surface area contributed by atoms with Gasteiger partial charge in [0.1, 0.15) is 0 Å². The molecule has 28 heavy (non-hydrogen) atoms. The molecule has 1 aromatic heterocycles. The van der Waals surface area contributed by atoms with Crippen molar-refractivity contribution >= 4 is 32.9 Å². The molecule has 0 fully saturated rings. The molecule has 1 heterocycles. The molecule has 1 aromatic carbocycles. The van der Waals surface area contributed by atoms with Crippen molar-refractivity contribution in [2.45, 2.75) is 19.3 Å². The first kappa shape index (κ1) is 25.6. The highest BCUT2D eigenvalue weighted by atomic mass is 32.2. The van der Waals surface area contributed by atoms with Gasteiger partial charge in [0.2, 0.25) is 10.0 Å². The molecule has 0 aliphatic rings. The molecule has 2 aromatic rings. The van der Waals surface area contributed by atoms with Crippen LogP contribution in [0.2, 0.25) is 0 Å². The molecule has 9 nitrogen and oxygen atoms in total. The van der Waals surface area contributed by atoms with E-state index in [1.54, 1.807) is 0 Å². The zero-order valence-corrected chi connectivity index (χ0v) is 17.4. The van der Waals surface area contributed by atoms with Crippen LogP contribution in [0, 0.1) is 0 Å². The second-order valence-electron chi connectivity index (χ2n) is 6.45. The number of sulfonamides is 1. The molecule has 0 bridgehead atoms. The van der Waals surface area contributed by atoms with Gasteiger partial charge in [-0.3, -0.25) is 9.59 Å². The first-order valence-electron chi connectivity index (χ1n) is 8.40. The summed E-state index contributed by atoms with van der Waals surface area (Å²) in [6, 6.07) is 8.59. The van der Waals surface area contributed by atoms with Gasteiger partial charge in [0.25, 0.3) is 0 Å². The molecule has 0 spiro atoms. The lowest BCUT2D eigenvalue weighted by Gasteiger charge is -2.07. The second-order valence-corrected chi connectivity index (χ2v) is 8.11. The zero-order valence-electron chi connectivity index (χ0n) is 16.6. The number of primary sulfonamides is 1. The summed E-state index contributed by atoms with van der Waals surface area (Å²) in [5.41, 5.74) is 2.77. The van der Waals surface area contributed by atoms with Crippen LogP contribution >= 0.6 is 0 Å². The van der Waals surface area contributed by atoms with E-state index in [-0.39, 0.29) is 12.8 Å². The molecule has 0 saturated heterocycles. The fraction of sp³-hybridized carbons (Fsp3) is 0.444. The third-order valence-corrected chi connectivity index (χ3v) is 3.36. The van der Waals surface area contributed by atoms with E-state index in [4.69, 9.17) is 10.2 Å². The number of nitrogens with zero attached hydrogens (tertiary/aromatic N) is 2. The van der Waals surface area contributed by atoms with Crippen LogP contribution in [-0.2, 0) is 33.1 Å².